The van der Waals surface area contributed by atoms with Gasteiger partial charge in [-0.2, -0.15) is 13.2 Å². The summed E-state index contributed by atoms with van der Waals surface area (Å²) in [6.45, 7) is 1.71. The SMILES string of the molecule is CC(NC(=O)CCC(F)(F)F)c1ccc(N)cc1. The first-order chi connectivity index (χ1) is 8.28. The van der Waals surface area contributed by atoms with Crippen LogP contribution in [0.2, 0.25) is 0 Å². The number of alkyl halides is 3. The van der Waals surface area contributed by atoms with Crippen LogP contribution in [-0.4, -0.2) is 12.1 Å². The van der Waals surface area contributed by atoms with Crippen LogP contribution >= 0.6 is 0 Å². The van der Waals surface area contributed by atoms with Crippen LogP contribution in [0.15, 0.2) is 24.3 Å². The lowest BCUT2D eigenvalue weighted by molar-refractivity contribution is -0.144. The van der Waals surface area contributed by atoms with Crippen molar-refractivity contribution >= 4 is 11.6 Å². The molecular weight excluding hydrogens is 245 g/mol. The van der Waals surface area contributed by atoms with Crippen LogP contribution in [-0.2, 0) is 4.79 Å². The van der Waals surface area contributed by atoms with E-state index >= 15 is 0 Å². The Morgan fingerprint density at radius 1 is 1.33 bits per heavy atom. The first-order valence-corrected chi connectivity index (χ1v) is 5.49. The second-order valence-corrected chi connectivity index (χ2v) is 4.07. The van der Waals surface area contributed by atoms with Crippen molar-refractivity contribution in [1.82, 2.24) is 5.32 Å². The number of benzene rings is 1. The zero-order valence-corrected chi connectivity index (χ0v) is 9.92. The third-order valence-corrected chi connectivity index (χ3v) is 2.45. The highest BCUT2D eigenvalue weighted by molar-refractivity contribution is 5.76. The van der Waals surface area contributed by atoms with Gasteiger partial charge in [0.15, 0.2) is 0 Å². The first-order valence-electron chi connectivity index (χ1n) is 5.49. The zero-order chi connectivity index (χ0) is 13.8. The molecule has 1 aromatic rings. The third kappa shape index (κ3) is 5.07. The summed E-state index contributed by atoms with van der Waals surface area (Å²) >= 11 is 0. The highest BCUT2D eigenvalue weighted by Crippen LogP contribution is 2.21. The van der Waals surface area contributed by atoms with E-state index in [1.807, 2.05) is 0 Å². The van der Waals surface area contributed by atoms with Crippen LogP contribution in [0.5, 0.6) is 0 Å². The largest absolute Gasteiger partial charge is 0.399 e. The van der Waals surface area contributed by atoms with Crippen LogP contribution in [0, 0.1) is 0 Å². The summed E-state index contributed by atoms with van der Waals surface area (Å²) < 4.78 is 35.8. The Bertz CT molecular complexity index is 401. The van der Waals surface area contributed by atoms with Crippen molar-refractivity contribution in [2.75, 3.05) is 5.73 Å². The van der Waals surface area contributed by atoms with Gasteiger partial charge in [0.2, 0.25) is 5.91 Å². The number of carbonyl (C=O) groups is 1. The molecule has 0 saturated carbocycles. The van der Waals surface area contributed by atoms with E-state index in [2.05, 4.69) is 5.32 Å². The summed E-state index contributed by atoms with van der Waals surface area (Å²) in [5, 5.41) is 2.51. The van der Waals surface area contributed by atoms with Gasteiger partial charge in [-0.05, 0) is 24.6 Å². The Hall–Kier alpha value is -1.72. The van der Waals surface area contributed by atoms with Crippen molar-refractivity contribution in [3.63, 3.8) is 0 Å². The topological polar surface area (TPSA) is 55.1 Å². The zero-order valence-electron chi connectivity index (χ0n) is 9.92. The molecule has 0 fully saturated rings. The van der Waals surface area contributed by atoms with Gasteiger partial charge < -0.3 is 11.1 Å². The average molecular weight is 260 g/mol. The average Bonchev–Trinajstić information content (AvgIpc) is 2.26. The lowest BCUT2D eigenvalue weighted by Gasteiger charge is -2.15. The van der Waals surface area contributed by atoms with Gasteiger partial charge in [-0.25, -0.2) is 0 Å². The van der Waals surface area contributed by atoms with Crippen molar-refractivity contribution in [2.45, 2.75) is 32.0 Å². The Balaban J connectivity index is 2.47. The van der Waals surface area contributed by atoms with Crippen molar-refractivity contribution in [2.24, 2.45) is 0 Å². The van der Waals surface area contributed by atoms with Crippen molar-refractivity contribution in [3.05, 3.63) is 29.8 Å². The summed E-state index contributed by atoms with van der Waals surface area (Å²) in [5.74, 6) is -0.614. The second kappa shape index (κ2) is 5.75. The van der Waals surface area contributed by atoms with Gasteiger partial charge in [0.1, 0.15) is 0 Å². The molecule has 1 atom stereocenters. The maximum Gasteiger partial charge on any atom is 0.389 e. The van der Waals surface area contributed by atoms with Crippen LogP contribution in [0.25, 0.3) is 0 Å². The number of nitrogen functional groups attached to an aromatic ring is 1. The molecule has 0 heterocycles. The molecule has 0 bridgehead atoms. The van der Waals surface area contributed by atoms with Gasteiger partial charge in [0.05, 0.1) is 12.5 Å². The highest BCUT2D eigenvalue weighted by atomic mass is 19.4. The minimum Gasteiger partial charge on any atom is -0.399 e. The molecule has 1 aromatic carbocycles. The highest BCUT2D eigenvalue weighted by Gasteiger charge is 2.28. The molecule has 1 rings (SSSR count). The fourth-order valence-electron chi connectivity index (χ4n) is 1.44. The monoisotopic (exact) mass is 260 g/mol. The molecule has 0 aliphatic carbocycles. The van der Waals surface area contributed by atoms with Gasteiger partial charge in [-0.15, -0.1) is 0 Å². The lowest BCUT2D eigenvalue weighted by atomic mass is 10.1. The molecule has 1 amide bonds. The molecule has 0 radical (unpaired) electrons. The molecule has 0 saturated heterocycles. The molecular formula is C12H15F3N2O. The second-order valence-electron chi connectivity index (χ2n) is 4.07. The van der Waals surface area contributed by atoms with Crippen LogP contribution < -0.4 is 11.1 Å². The van der Waals surface area contributed by atoms with E-state index in [4.69, 9.17) is 5.73 Å². The van der Waals surface area contributed by atoms with E-state index in [1.165, 1.54) is 0 Å². The molecule has 3 nitrogen and oxygen atoms in total. The van der Waals surface area contributed by atoms with E-state index in [0.29, 0.717) is 5.69 Å². The van der Waals surface area contributed by atoms with E-state index < -0.39 is 24.9 Å². The number of hydrogen-bond acceptors (Lipinski definition) is 2. The molecule has 3 N–H and O–H groups in total. The molecule has 1 unspecified atom stereocenters. The van der Waals surface area contributed by atoms with Gasteiger partial charge in [0, 0.05) is 12.1 Å². The molecule has 0 aromatic heterocycles. The van der Waals surface area contributed by atoms with Crippen molar-refractivity contribution in [1.29, 1.82) is 0 Å². The summed E-state index contributed by atoms with van der Waals surface area (Å²) in [6.07, 6.45) is -5.96. The summed E-state index contributed by atoms with van der Waals surface area (Å²) in [4.78, 5) is 11.3. The van der Waals surface area contributed by atoms with Crippen molar-refractivity contribution in [3.8, 4) is 0 Å². The molecule has 0 aliphatic heterocycles. The van der Waals surface area contributed by atoms with Crippen LogP contribution in [0.1, 0.15) is 31.4 Å². The number of halogens is 3. The quantitative estimate of drug-likeness (QED) is 0.818. The fraction of sp³-hybridized carbons (Fsp3) is 0.417. The number of amides is 1. The number of nitrogens with two attached hydrogens (primary N) is 1. The summed E-state index contributed by atoms with van der Waals surface area (Å²) in [6, 6.07) is 6.46. The number of carbonyl (C=O) groups excluding carboxylic acids is 1. The number of hydrogen-bond donors (Lipinski definition) is 2. The van der Waals surface area contributed by atoms with E-state index in [9.17, 15) is 18.0 Å². The number of anilines is 1. The van der Waals surface area contributed by atoms with Gasteiger partial charge in [0.25, 0.3) is 0 Å². The van der Waals surface area contributed by atoms with Gasteiger partial charge >= 0.3 is 6.18 Å². The molecule has 0 spiro atoms. The first kappa shape index (κ1) is 14.3. The molecule has 0 aliphatic rings. The predicted octanol–water partition coefficient (Wildman–Crippen LogP) is 2.79. The fourth-order valence-corrected chi connectivity index (χ4v) is 1.44. The summed E-state index contributed by atoms with van der Waals surface area (Å²) in [5.41, 5.74) is 6.90. The minimum atomic E-state index is -4.30. The van der Waals surface area contributed by atoms with E-state index in [1.54, 1.807) is 31.2 Å². The van der Waals surface area contributed by atoms with Gasteiger partial charge in [-0.3, -0.25) is 4.79 Å². The predicted molar refractivity (Wildman–Crippen MR) is 62.7 cm³/mol. The third-order valence-electron chi connectivity index (χ3n) is 2.45. The lowest BCUT2D eigenvalue weighted by Crippen LogP contribution is -2.27. The minimum absolute atomic E-state index is 0.341. The van der Waals surface area contributed by atoms with Crippen molar-refractivity contribution < 1.29 is 18.0 Å². The van der Waals surface area contributed by atoms with E-state index in [0.717, 1.165) is 5.56 Å². The Morgan fingerprint density at radius 3 is 2.39 bits per heavy atom. The molecule has 100 valence electrons. The summed E-state index contributed by atoms with van der Waals surface area (Å²) in [7, 11) is 0. The van der Waals surface area contributed by atoms with Gasteiger partial charge in [-0.1, -0.05) is 12.1 Å². The normalized spacial score (nSPS) is 13.1. The number of rotatable bonds is 4. The van der Waals surface area contributed by atoms with E-state index in [-0.39, 0.29) is 6.04 Å². The smallest absolute Gasteiger partial charge is 0.389 e. The molecule has 18 heavy (non-hydrogen) atoms. The Morgan fingerprint density at radius 2 is 1.89 bits per heavy atom. The maximum absolute atomic E-state index is 11.9. The Labute approximate surface area is 103 Å². The number of nitrogens with one attached hydrogen (secondary N) is 1. The maximum atomic E-state index is 11.9. The molecule has 6 heteroatoms. The Kier molecular flexibility index (Phi) is 4.58. The standard InChI is InChI=1S/C12H15F3N2O/c1-8(9-2-4-10(16)5-3-9)17-11(18)6-7-12(13,14)15/h2-5,8H,6-7,16H2,1H3,(H,17,18). The van der Waals surface area contributed by atoms with Crippen LogP contribution in [0.3, 0.4) is 0 Å². The van der Waals surface area contributed by atoms with Crippen LogP contribution in [0.4, 0.5) is 18.9 Å².